The van der Waals surface area contributed by atoms with Crippen molar-refractivity contribution in [3.8, 4) is 0 Å². The first kappa shape index (κ1) is 8.61. The Morgan fingerprint density at radius 3 is 2.79 bits per heavy atom. The SMILES string of the molecule is C1CN(c2nc(C3CC3)ns2)CCN1. The molecule has 1 saturated carbocycles. The molecular weight excluding hydrogens is 196 g/mol. The van der Waals surface area contributed by atoms with Gasteiger partial charge in [-0.25, -0.2) is 4.98 Å². The largest absolute Gasteiger partial charge is 0.344 e. The maximum Gasteiger partial charge on any atom is 0.205 e. The molecule has 0 bridgehead atoms. The lowest BCUT2D eigenvalue weighted by Gasteiger charge is -2.26. The molecule has 2 heterocycles. The van der Waals surface area contributed by atoms with Gasteiger partial charge in [-0.2, -0.15) is 4.37 Å². The van der Waals surface area contributed by atoms with Crippen molar-refractivity contribution >= 4 is 16.7 Å². The van der Waals surface area contributed by atoms with Gasteiger partial charge in [0.15, 0.2) is 0 Å². The standard InChI is InChI=1S/C9H14N4S/c1-2-7(1)8-11-9(14-12-8)13-5-3-10-4-6-13/h7,10H,1-6H2. The maximum absolute atomic E-state index is 4.60. The Balaban J connectivity index is 1.74. The number of hydrogen-bond donors (Lipinski definition) is 1. The van der Waals surface area contributed by atoms with E-state index in [2.05, 4.69) is 19.6 Å². The number of rotatable bonds is 2. The second-order valence-corrected chi connectivity index (χ2v) is 4.68. The predicted molar refractivity (Wildman–Crippen MR) is 57.0 cm³/mol. The third-order valence-electron chi connectivity index (χ3n) is 2.76. The van der Waals surface area contributed by atoms with Crippen LogP contribution in [0.4, 0.5) is 5.13 Å². The molecule has 0 atom stereocenters. The first-order valence-corrected chi connectivity index (χ1v) is 6.00. The Morgan fingerprint density at radius 1 is 1.29 bits per heavy atom. The lowest BCUT2D eigenvalue weighted by molar-refractivity contribution is 0.588. The molecule has 4 nitrogen and oxygen atoms in total. The minimum absolute atomic E-state index is 0.683. The van der Waals surface area contributed by atoms with Crippen molar-refractivity contribution in [2.24, 2.45) is 0 Å². The normalized spacial score (nSPS) is 22.7. The molecule has 1 saturated heterocycles. The molecular formula is C9H14N4S. The highest BCUT2D eigenvalue weighted by molar-refractivity contribution is 7.09. The molecule has 1 aliphatic carbocycles. The van der Waals surface area contributed by atoms with Crippen LogP contribution in [0.5, 0.6) is 0 Å². The summed E-state index contributed by atoms with van der Waals surface area (Å²) >= 11 is 1.56. The molecule has 2 fully saturated rings. The second-order valence-electron chi connectivity index (χ2n) is 3.95. The van der Waals surface area contributed by atoms with E-state index in [0.29, 0.717) is 5.92 Å². The van der Waals surface area contributed by atoms with Crippen LogP contribution in [0.15, 0.2) is 0 Å². The van der Waals surface area contributed by atoms with Crippen LogP contribution in [-0.2, 0) is 0 Å². The van der Waals surface area contributed by atoms with E-state index < -0.39 is 0 Å². The van der Waals surface area contributed by atoms with Gasteiger partial charge in [0.2, 0.25) is 5.13 Å². The number of anilines is 1. The van der Waals surface area contributed by atoms with Gasteiger partial charge in [0.1, 0.15) is 5.82 Å². The molecule has 2 aliphatic rings. The van der Waals surface area contributed by atoms with Crippen molar-refractivity contribution < 1.29 is 0 Å². The zero-order chi connectivity index (χ0) is 9.38. The molecule has 1 N–H and O–H groups in total. The van der Waals surface area contributed by atoms with Gasteiger partial charge in [-0.3, -0.25) is 0 Å². The fraction of sp³-hybridized carbons (Fsp3) is 0.778. The summed E-state index contributed by atoms with van der Waals surface area (Å²) in [5.74, 6) is 1.77. The van der Waals surface area contributed by atoms with E-state index in [1.165, 1.54) is 12.8 Å². The summed E-state index contributed by atoms with van der Waals surface area (Å²) in [5.41, 5.74) is 0. The molecule has 76 valence electrons. The molecule has 0 spiro atoms. The molecule has 5 heteroatoms. The summed E-state index contributed by atoms with van der Waals surface area (Å²) in [6, 6.07) is 0. The van der Waals surface area contributed by atoms with Crippen LogP contribution in [-0.4, -0.2) is 35.5 Å². The molecule has 0 radical (unpaired) electrons. The number of nitrogens with one attached hydrogen (secondary N) is 1. The average molecular weight is 210 g/mol. The lowest BCUT2D eigenvalue weighted by atomic mass is 10.4. The summed E-state index contributed by atoms with van der Waals surface area (Å²) in [5, 5.41) is 4.46. The Kier molecular flexibility index (Phi) is 2.14. The quantitative estimate of drug-likeness (QED) is 0.785. The van der Waals surface area contributed by atoms with Crippen molar-refractivity contribution in [1.82, 2.24) is 14.7 Å². The Hall–Kier alpha value is -0.680. The zero-order valence-electron chi connectivity index (χ0n) is 8.07. The third-order valence-corrected chi connectivity index (χ3v) is 3.55. The fourth-order valence-corrected chi connectivity index (χ4v) is 2.52. The van der Waals surface area contributed by atoms with Gasteiger partial charge < -0.3 is 10.2 Å². The van der Waals surface area contributed by atoms with Gasteiger partial charge in [-0.15, -0.1) is 0 Å². The van der Waals surface area contributed by atoms with E-state index in [1.54, 1.807) is 11.5 Å². The predicted octanol–water partition coefficient (Wildman–Crippen LogP) is 0.825. The van der Waals surface area contributed by atoms with E-state index in [9.17, 15) is 0 Å². The Bertz CT molecular complexity index is 314. The van der Waals surface area contributed by atoms with Gasteiger partial charge in [-0.1, -0.05) is 0 Å². The van der Waals surface area contributed by atoms with Crippen molar-refractivity contribution in [3.05, 3.63) is 5.82 Å². The van der Waals surface area contributed by atoms with Gasteiger partial charge in [-0.05, 0) is 12.8 Å². The van der Waals surface area contributed by atoms with Crippen LogP contribution < -0.4 is 10.2 Å². The van der Waals surface area contributed by atoms with Gasteiger partial charge in [0.05, 0.1) is 0 Å². The maximum atomic E-state index is 4.60. The van der Waals surface area contributed by atoms with E-state index in [-0.39, 0.29) is 0 Å². The molecule has 3 rings (SSSR count). The Morgan fingerprint density at radius 2 is 2.07 bits per heavy atom. The smallest absolute Gasteiger partial charge is 0.205 e. The van der Waals surface area contributed by atoms with Crippen LogP contribution in [0.3, 0.4) is 0 Å². The van der Waals surface area contributed by atoms with Gasteiger partial charge in [0, 0.05) is 43.6 Å². The van der Waals surface area contributed by atoms with E-state index in [4.69, 9.17) is 0 Å². The first-order valence-electron chi connectivity index (χ1n) is 5.23. The minimum atomic E-state index is 0.683. The summed E-state index contributed by atoms with van der Waals surface area (Å²) in [6.45, 7) is 4.27. The number of nitrogens with zero attached hydrogens (tertiary/aromatic N) is 3. The summed E-state index contributed by atoms with van der Waals surface area (Å²) in [7, 11) is 0. The topological polar surface area (TPSA) is 41.1 Å². The van der Waals surface area contributed by atoms with Gasteiger partial charge in [0.25, 0.3) is 0 Å². The van der Waals surface area contributed by atoms with Crippen LogP contribution in [0.2, 0.25) is 0 Å². The van der Waals surface area contributed by atoms with E-state index in [0.717, 1.165) is 37.1 Å². The zero-order valence-corrected chi connectivity index (χ0v) is 8.89. The third kappa shape index (κ3) is 1.62. The molecule has 1 aromatic rings. The van der Waals surface area contributed by atoms with E-state index in [1.807, 2.05) is 0 Å². The fourth-order valence-electron chi connectivity index (χ4n) is 1.72. The van der Waals surface area contributed by atoms with Crippen LogP contribution in [0.1, 0.15) is 24.6 Å². The van der Waals surface area contributed by atoms with Crippen molar-refractivity contribution in [2.45, 2.75) is 18.8 Å². The molecule has 1 aliphatic heterocycles. The Labute approximate surface area is 87.5 Å². The average Bonchev–Trinajstić information content (AvgIpc) is 2.98. The van der Waals surface area contributed by atoms with Gasteiger partial charge >= 0.3 is 0 Å². The van der Waals surface area contributed by atoms with Crippen LogP contribution in [0, 0.1) is 0 Å². The molecule has 14 heavy (non-hydrogen) atoms. The number of piperazine rings is 1. The van der Waals surface area contributed by atoms with Crippen LogP contribution in [0.25, 0.3) is 0 Å². The van der Waals surface area contributed by atoms with Crippen molar-refractivity contribution in [2.75, 3.05) is 31.1 Å². The first-order chi connectivity index (χ1) is 6.93. The van der Waals surface area contributed by atoms with E-state index >= 15 is 0 Å². The summed E-state index contributed by atoms with van der Waals surface area (Å²) < 4.78 is 4.42. The number of hydrogen-bond acceptors (Lipinski definition) is 5. The lowest BCUT2D eigenvalue weighted by Crippen LogP contribution is -2.43. The summed E-state index contributed by atoms with van der Waals surface area (Å²) in [4.78, 5) is 6.93. The van der Waals surface area contributed by atoms with Crippen molar-refractivity contribution in [3.63, 3.8) is 0 Å². The minimum Gasteiger partial charge on any atom is -0.344 e. The number of aromatic nitrogens is 2. The van der Waals surface area contributed by atoms with Crippen molar-refractivity contribution in [1.29, 1.82) is 0 Å². The molecule has 0 unspecified atom stereocenters. The summed E-state index contributed by atoms with van der Waals surface area (Å²) in [6.07, 6.45) is 2.58. The van der Waals surface area contributed by atoms with Crippen LogP contribution >= 0.6 is 11.5 Å². The molecule has 0 aromatic carbocycles. The monoisotopic (exact) mass is 210 g/mol. The second kappa shape index (κ2) is 3.47. The highest BCUT2D eigenvalue weighted by Gasteiger charge is 2.28. The highest BCUT2D eigenvalue weighted by Crippen LogP contribution is 2.39. The molecule has 1 aromatic heterocycles. The highest BCUT2D eigenvalue weighted by atomic mass is 32.1. The molecule has 0 amide bonds.